The van der Waals surface area contributed by atoms with Crippen molar-refractivity contribution in [3.63, 3.8) is 0 Å². The van der Waals surface area contributed by atoms with Gasteiger partial charge in [0.25, 0.3) is 5.91 Å². The first-order chi connectivity index (χ1) is 13.3. The Kier molecular flexibility index (Phi) is 5.79. The summed E-state index contributed by atoms with van der Waals surface area (Å²) < 4.78 is 1.76. The molecule has 3 rings (SSSR count). The third-order valence-corrected chi connectivity index (χ3v) is 5.97. The topological polar surface area (TPSA) is 118 Å². The molecule has 3 N–H and O–H groups in total. The van der Waals surface area contributed by atoms with E-state index in [-0.39, 0.29) is 11.6 Å². The van der Waals surface area contributed by atoms with E-state index in [1.54, 1.807) is 29.8 Å². The molecule has 0 radical (unpaired) electrons. The Hall–Kier alpha value is -2.73. The number of amides is 1. The van der Waals surface area contributed by atoms with Crippen molar-refractivity contribution in [3.05, 3.63) is 56.6 Å². The molecule has 0 saturated heterocycles. The fraction of sp³-hybridized carbons (Fsp3) is 0.263. The van der Waals surface area contributed by atoms with Gasteiger partial charge in [-0.2, -0.15) is 10.4 Å². The molecular weight excluding hydrogens is 398 g/mol. The van der Waals surface area contributed by atoms with Crippen LogP contribution >= 0.6 is 22.9 Å². The predicted octanol–water partition coefficient (Wildman–Crippen LogP) is 3.49. The van der Waals surface area contributed by atoms with Crippen molar-refractivity contribution < 1.29 is 9.90 Å². The first-order valence-electron chi connectivity index (χ1n) is 8.52. The van der Waals surface area contributed by atoms with Gasteiger partial charge in [-0.25, -0.2) is 4.98 Å². The lowest BCUT2D eigenvalue weighted by molar-refractivity contribution is 0.0994. The predicted molar refractivity (Wildman–Crippen MR) is 107 cm³/mol. The Morgan fingerprint density at radius 3 is 2.79 bits per heavy atom. The van der Waals surface area contributed by atoms with Gasteiger partial charge in [-0.15, -0.1) is 11.3 Å². The Bertz CT molecular complexity index is 1070. The molecule has 2 aromatic heterocycles. The van der Waals surface area contributed by atoms with Gasteiger partial charge in [0.05, 0.1) is 16.3 Å². The van der Waals surface area contributed by atoms with Crippen LogP contribution in [-0.4, -0.2) is 25.8 Å². The molecule has 1 aromatic carbocycles. The second-order valence-electron chi connectivity index (χ2n) is 6.44. The summed E-state index contributed by atoms with van der Waals surface area (Å²) in [5, 5.41) is 24.1. The van der Waals surface area contributed by atoms with Gasteiger partial charge in [0.1, 0.15) is 22.9 Å². The SMILES string of the molecule is CC(O)c1nc(C(N)=O)c([C@@H](C)Cn2ccc(-c3ccc(C#N)c(Cl)c3)n2)s1. The van der Waals surface area contributed by atoms with Crippen LogP contribution in [0, 0.1) is 11.3 Å². The molecule has 0 fully saturated rings. The molecule has 0 aliphatic heterocycles. The molecule has 2 heterocycles. The number of carbonyl (C=O) groups is 1. The summed E-state index contributed by atoms with van der Waals surface area (Å²) >= 11 is 7.38. The lowest BCUT2D eigenvalue weighted by Gasteiger charge is -2.10. The van der Waals surface area contributed by atoms with Gasteiger partial charge in [0.15, 0.2) is 0 Å². The van der Waals surface area contributed by atoms with Gasteiger partial charge in [0, 0.05) is 29.1 Å². The molecule has 0 bridgehead atoms. The number of hydrogen-bond donors (Lipinski definition) is 2. The summed E-state index contributed by atoms with van der Waals surface area (Å²) in [7, 11) is 0. The third-order valence-electron chi connectivity index (χ3n) is 4.20. The van der Waals surface area contributed by atoms with E-state index in [1.165, 1.54) is 11.3 Å². The fourth-order valence-corrected chi connectivity index (χ4v) is 4.06. The van der Waals surface area contributed by atoms with Crippen molar-refractivity contribution in [1.82, 2.24) is 14.8 Å². The van der Waals surface area contributed by atoms with Gasteiger partial charge >= 0.3 is 0 Å². The second-order valence-corrected chi connectivity index (χ2v) is 7.91. The standard InChI is InChI=1S/C19H18ClN5O2S/c1-10(17-16(18(22)27)23-19(28-17)11(2)26)9-25-6-5-15(24-25)12-3-4-13(8-21)14(20)7-12/h3-7,10-11,26H,9H2,1-2H3,(H2,22,27)/t10-,11?/m0/s1. The van der Waals surface area contributed by atoms with Crippen LogP contribution in [0.5, 0.6) is 0 Å². The molecule has 9 heteroatoms. The van der Waals surface area contributed by atoms with Gasteiger partial charge in [-0.1, -0.05) is 24.6 Å². The first-order valence-corrected chi connectivity index (χ1v) is 9.71. The number of thiazole rings is 1. The monoisotopic (exact) mass is 415 g/mol. The highest BCUT2D eigenvalue weighted by atomic mass is 35.5. The number of nitrogens with zero attached hydrogens (tertiary/aromatic N) is 4. The molecule has 1 unspecified atom stereocenters. The molecule has 144 valence electrons. The van der Waals surface area contributed by atoms with Gasteiger partial charge in [-0.05, 0) is 25.1 Å². The van der Waals surface area contributed by atoms with E-state index in [2.05, 4.69) is 10.1 Å². The van der Waals surface area contributed by atoms with Crippen molar-refractivity contribution in [3.8, 4) is 17.3 Å². The number of aliphatic hydroxyl groups is 1. The number of aliphatic hydroxyl groups excluding tert-OH is 1. The van der Waals surface area contributed by atoms with Crippen molar-refractivity contribution in [2.75, 3.05) is 0 Å². The van der Waals surface area contributed by atoms with Crippen LogP contribution in [0.2, 0.25) is 5.02 Å². The Balaban J connectivity index is 1.83. The number of benzene rings is 1. The van der Waals surface area contributed by atoms with Crippen LogP contribution in [0.4, 0.5) is 0 Å². The molecular formula is C19H18ClN5O2S. The van der Waals surface area contributed by atoms with E-state index in [0.29, 0.717) is 22.1 Å². The molecule has 0 aliphatic rings. The average molecular weight is 416 g/mol. The van der Waals surface area contributed by atoms with E-state index >= 15 is 0 Å². The van der Waals surface area contributed by atoms with Crippen molar-refractivity contribution in [1.29, 1.82) is 5.26 Å². The lowest BCUT2D eigenvalue weighted by atomic mass is 10.1. The highest BCUT2D eigenvalue weighted by Gasteiger charge is 2.23. The molecule has 7 nitrogen and oxygen atoms in total. The van der Waals surface area contributed by atoms with Crippen molar-refractivity contribution in [2.24, 2.45) is 5.73 Å². The van der Waals surface area contributed by atoms with Crippen LogP contribution < -0.4 is 5.73 Å². The van der Waals surface area contributed by atoms with Crippen LogP contribution in [-0.2, 0) is 6.54 Å². The summed E-state index contributed by atoms with van der Waals surface area (Å²) in [6.45, 7) is 4.05. The quantitative estimate of drug-likeness (QED) is 0.638. The molecule has 0 saturated carbocycles. The summed E-state index contributed by atoms with van der Waals surface area (Å²) in [6.07, 6.45) is 1.07. The van der Waals surface area contributed by atoms with Gasteiger partial charge < -0.3 is 10.8 Å². The number of rotatable bonds is 6. The normalized spacial score (nSPS) is 13.1. The maximum absolute atomic E-state index is 11.7. The second kappa shape index (κ2) is 8.10. The molecule has 28 heavy (non-hydrogen) atoms. The minimum absolute atomic E-state index is 0.0789. The zero-order valence-electron chi connectivity index (χ0n) is 15.3. The largest absolute Gasteiger partial charge is 0.386 e. The van der Waals surface area contributed by atoms with E-state index in [1.807, 2.05) is 25.3 Å². The lowest BCUT2D eigenvalue weighted by Crippen LogP contribution is -2.16. The minimum atomic E-state index is -0.763. The number of carbonyl (C=O) groups excluding carboxylic acids is 1. The van der Waals surface area contributed by atoms with E-state index in [4.69, 9.17) is 22.6 Å². The van der Waals surface area contributed by atoms with Crippen LogP contribution in [0.15, 0.2) is 30.5 Å². The molecule has 2 atom stereocenters. The zero-order chi connectivity index (χ0) is 20.4. The van der Waals surface area contributed by atoms with Crippen molar-refractivity contribution >= 4 is 28.8 Å². The minimum Gasteiger partial charge on any atom is -0.386 e. The highest BCUT2D eigenvalue weighted by Crippen LogP contribution is 2.31. The molecule has 0 spiro atoms. The number of primary amides is 1. The number of nitrogens with two attached hydrogens (primary N) is 1. The smallest absolute Gasteiger partial charge is 0.268 e. The maximum Gasteiger partial charge on any atom is 0.268 e. The van der Waals surface area contributed by atoms with Gasteiger partial charge in [-0.3, -0.25) is 9.48 Å². The number of aromatic nitrogens is 3. The summed E-state index contributed by atoms with van der Waals surface area (Å²) in [6, 6.07) is 9.05. The molecule has 1 amide bonds. The summed E-state index contributed by atoms with van der Waals surface area (Å²) in [5.41, 5.74) is 7.58. The molecule has 0 aliphatic carbocycles. The first kappa shape index (κ1) is 20.0. The van der Waals surface area contributed by atoms with Crippen LogP contribution in [0.3, 0.4) is 0 Å². The Labute approximate surface area is 171 Å². The highest BCUT2D eigenvalue weighted by molar-refractivity contribution is 7.12. The van der Waals surface area contributed by atoms with E-state index in [0.717, 1.165) is 16.1 Å². The number of nitriles is 1. The van der Waals surface area contributed by atoms with Crippen LogP contribution in [0.1, 0.15) is 51.8 Å². The number of halogens is 1. The summed E-state index contributed by atoms with van der Waals surface area (Å²) in [5.74, 6) is -0.691. The summed E-state index contributed by atoms with van der Waals surface area (Å²) in [4.78, 5) is 16.6. The van der Waals surface area contributed by atoms with Crippen molar-refractivity contribution in [2.45, 2.75) is 32.4 Å². The number of hydrogen-bond acceptors (Lipinski definition) is 6. The Morgan fingerprint density at radius 2 is 2.18 bits per heavy atom. The van der Waals surface area contributed by atoms with Crippen LogP contribution in [0.25, 0.3) is 11.3 Å². The zero-order valence-corrected chi connectivity index (χ0v) is 16.8. The van der Waals surface area contributed by atoms with E-state index in [9.17, 15) is 9.90 Å². The van der Waals surface area contributed by atoms with Gasteiger partial charge in [0.2, 0.25) is 0 Å². The maximum atomic E-state index is 11.7. The third kappa shape index (κ3) is 4.07. The molecule has 3 aromatic rings. The van der Waals surface area contributed by atoms with E-state index < -0.39 is 12.0 Å². The fourth-order valence-electron chi connectivity index (χ4n) is 2.78. The average Bonchev–Trinajstić information content (AvgIpc) is 3.29. The Morgan fingerprint density at radius 1 is 1.43 bits per heavy atom.